The molecule has 1 atom stereocenters. The Bertz CT molecular complexity index is 817. The highest BCUT2D eigenvalue weighted by atomic mass is 79.9. The van der Waals surface area contributed by atoms with Crippen LogP contribution in [0.25, 0.3) is 10.9 Å². The van der Waals surface area contributed by atoms with E-state index in [1.54, 1.807) is 29.5 Å². The minimum Gasteiger partial charge on any atom is -0.383 e. The first-order valence-electron chi connectivity index (χ1n) is 5.83. The molecule has 106 valence electrons. The van der Waals surface area contributed by atoms with Crippen LogP contribution in [0.3, 0.4) is 0 Å². The maximum atomic E-state index is 12.1. The maximum absolute atomic E-state index is 12.1. The van der Waals surface area contributed by atoms with Crippen LogP contribution in [0.15, 0.2) is 25.0 Å². The zero-order valence-electron chi connectivity index (χ0n) is 10.4. The quantitative estimate of drug-likeness (QED) is 0.873. The molecule has 3 rings (SSSR count). The Balaban J connectivity index is 2.48. The van der Waals surface area contributed by atoms with E-state index in [4.69, 9.17) is 16.3 Å². The van der Waals surface area contributed by atoms with Gasteiger partial charge in [0.2, 0.25) is 0 Å². The Hall–Kier alpha value is -0.760. The van der Waals surface area contributed by atoms with Gasteiger partial charge in [-0.05, 0) is 22.0 Å². The van der Waals surface area contributed by atoms with Gasteiger partial charge in [-0.1, -0.05) is 11.6 Å². The second kappa shape index (κ2) is 5.22. The van der Waals surface area contributed by atoms with Gasteiger partial charge in [-0.2, -0.15) is 0 Å². The summed E-state index contributed by atoms with van der Waals surface area (Å²) in [5.74, 6) is 0.681. The predicted molar refractivity (Wildman–Crippen MR) is 83.2 cm³/mol. The average molecular weight is 378 g/mol. The largest absolute Gasteiger partial charge is 0.383 e. The highest BCUT2D eigenvalue weighted by Gasteiger charge is 2.27. The van der Waals surface area contributed by atoms with E-state index in [2.05, 4.69) is 20.9 Å². The molecule has 0 spiro atoms. The summed E-state index contributed by atoms with van der Waals surface area (Å²) >= 11 is 11.1. The second-order valence-corrected chi connectivity index (χ2v) is 6.68. The third-order valence-electron chi connectivity index (χ3n) is 3.22. The van der Waals surface area contributed by atoms with Crippen molar-refractivity contribution in [3.05, 3.63) is 36.4 Å². The van der Waals surface area contributed by atoms with Crippen LogP contribution >= 0.6 is 39.3 Å². The van der Waals surface area contributed by atoms with Gasteiger partial charge < -0.3 is 4.74 Å². The van der Waals surface area contributed by atoms with E-state index in [9.17, 15) is 9.59 Å². The van der Waals surface area contributed by atoms with Crippen molar-refractivity contribution in [3.8, 4) is 0 Å². The molecule has 0 saturated carbocycles. The molecule has 0 saturated heterocycles. The third-order valence-corrected chi connectivity index (χ3v) is 6.07. The topological polar surface area (TPSA) is 64.1 Å². The molecule has 1 aliphatic heterocycles. The average Bonchev–Trinajstić information content (AvgIpc) is 2.41. The van der Waals surface area contributed by atoms with E-state index in [0.717, 1.165) is 4.90 Å². The van der Waals surface area contributed by atoms with Crippen LogP contribution in [0.2, 0.25) is 5.02 Å². The SMILES string of the molecule is COCC1CSc2c(Br)c(Cl)cc3c(=O)[nH]c(=O)n1c23. The first kappa shape index (κ1) is 14.2. The molecule has 8 heteroatoms. The van der Waals surface area contributed by atoms with Gasteiger partial charge in [-0.15, -0.1) is 11.8 Å². The molecule has 0 aliphatic carbocycles. The highest BCUT2D eigenvalue weighted by molar-refractivity contribution is 9.10. The van der Waals surface area contributed by atoms with Crippen LogP contribution in [0.5, 0.6) is 0 Å². The molecule has 1 aromatic carbocycles. The molecule has 0 bridgehead atoms. The van der Waals surface area contributed by atoms with Crippen molar-refractivity contribution in [2.75, 3.05) is 19.5 Å². The monoisotopic (exact) mass is 376 g/mol. The second-order valence-electron chi connectivity index (χ2n) is 4.45. The number of hydrogen-bond acceptors (Lipinski definition) is 4. The van der Waals surface area contributed by atoms with Crippen molar-refractivity contribution < 1.29 is 4.74 Å². The molecular formula is C12H10BrClN2O3S. The van der Waals surface area contributed by atoms with Crippen LogP contribution < -0.4 is 11.2 Å². The highest BCUT2D eigenvalue weighted by Crippen LogP contribution is 2.42. The number of rotatable bonds is 2. The number of H-pyrrole nitrogens is 1. The van der Waals surface area contributed by atoms with E-state index in [0.29, 0.717) is 32.8 Å². The van der Waals surface area contributed by atoms with Crippen LogP contribution in [0, 0.1) is 0 Å². The van der Waals surface area contributed by atoms with Crippen LogP contribution in [-0.4, -0.2) is 29.0 Å². The first-order chi connectivity index (χ1) is 9.54. The molecule has 0 amide bonds. The zero-order chi connectivity index (χ0) is 14.4. The van der Waals surface area contributed by atoms with Crippen molar-refractivity contribution in [2.45, 2.75) is 10.9 Å². The lowest BCUT2D eigenvalue weighted by Crippen LogP contribution is -2.37. The van der Waals surface area contributed by atoms with Crippen molar-refractivity contribution in [2.24, 2.45) is 0 Å². The number of hydrogen-bond donors (Lipinski definition) is 1. The van der Waals surface area contributed by atoms with Crippen molar-refractivity contribution >= 4 is 50.2 Å². The number of benzene rings is 1. The predicted octanol–water partition coefficient (Wildman–Crippen LogP) is 2.40. The van der Waals surface area contributed by atoms with Crippen molar-refractivity contribution in [1.29, 1.82) is 0 Å². The molecule has 1 unspecified atom stereocenters. The minimum atomic E-state index is -0.421. The van der Waals surface area contributed by atoms with E-state index >= 15 is 0 Å². The number of aromatic nitrogens is 2. The number of nitrogens with zero attached hydrogens (tertiary/aromatic N) is 1. The fourth-order valence-corrected chi connectivity index (χ4v) is 4.47. The van der Waals surface area contributed by atoms with Gasteiger partial charge >= 0.3 is 5.69 Å². The normalized spacial score (nSPS) is 17.6. The Morgan fingerprint density at radius 1 is 1.60 bits per heavy atom. The molecule has 1 N–H and O–H groups in total. The third kappa shape index (κ3) is 2.04. The fraction of sp³-hybridized carbons (Fsp3) is 0.333. The molecule has 1 aliphatic rings. The number of methoxy groups -OCH3 is 1. The Morgan fingerprint density at radius 2 is 2.35 bits per heavy atom. The molecule has 1 aromatic heterocycles. The van der Waals surface area contributed by atoms with Crippen LogP contribution in [-0.2, 0) is 4.74 Å². The number of nitrogens with one attached hydrogen (secondary N) is 1. The van der Waals surface area contributed by atoms with Gasteiger partial charge in [0.1, 0.15) is 0 Å². The smallest absolute Gasteiger partial charge is 0.329 e. The Labute approximate surface area is 131 Å². The summed E-state index contributed by atoms with van der Waals surface area (Å²) in [6.07, 6.45) is 0. The first-order valence-corrected chi connectivity index (χ1v) is 7.98. The van der Waals surface area contributed by atoms with Gasteiger partial charge in [0.25, 0.3) is 5.56 Å². The van der Waals surface area contributed by atoms with E-state index < -0.39 is 11.2 Å². The molecule has 20 heavy (non-hydrogen) atoms. The number of thioether (sulfide) groups is 1. The van der Waals surface area contributed by atoms with Crippen LogP contribution in [0.1, 0.15) is 6.04 Å². The van der Waals surface area contributed by atoms with Gasteiger partial charge in [-0.3, -0.25) is 14.3 Å². The summed E-state index contributed by atoms with van der Waals surface area (Å²) < 4.78 is 7.47. The standard InChI is InChI=1S/C12H10BrClN2O3S/c1-19-3-5-4-20-10-8(13)7(14)2-6-9(10)16(5)12(18)15-11(6)17/h2,5H,3-4H2,1H3,(H,15,17,18). The van der Waals surface area contributed by atoms with Gasteiger partial charge in [0, 0.05) is 17.8 Å². The lowest BCUT2D eigenvalue weighted by atomic mass is 10.2. The Morgan fingerprint density at radius 3 is 3.05 bits per heavy atom. The minimum absolute atomic E-state index is 0.113. The Kier molecular flexibility index (Phi) is 3.70. The molecule has 2 aromatic rings. The maximum Gasteiger partial charge on any atom is 0.329 e. The molecule has 0 radical (unpaired) electrons. The summed E-state index contributed by atoms with van der Waals surface area (Å²) in [4.78, 5) is 27.3. The zero-order valence-corrected chi connectivity index (χ0v) is 13.6. The summed E-state index contributed by atoms with van der Waals surface area (Å²) in [7, 11) is 1.59. The summed E-state index contributed by atoms with van der Waals surface area (Å²) in [6, 6.07) is 1.46. The number of aromatic amines is 1. The lowest BCUT2D eigenvalue weighted by Gasteiger charge is -2.27. The van der Waals surface area contributed by atoms with Crippen molar-refractivity contribution in [3.63, 3.8) is 0 Å². The van der Waals surface area contributed by atoms with E-state index in [1.807, 2.05) is 0 Å². The molecule has 0 fully saturated rings. The van der Waals surface area contributed by atoms with Gasteiger partial charge in [0.15, 0.2) is 0 Å². The van der Waals surface area contributed by atoms with Crippen LogP contribution in [0.4, 0.5) is 0 Å². The molecule has 5 nitrogen and oxygen atoms in total. The summed E-state index contributed by atoms with van der Waals surface area (Å²) in [6.45, 7) is 0.410. The summed E-state index contributed by atoms with van der Waals surface area (Å²) in [5.41, 5.74) is -0.218. The van der Waals surface area contributed by atoms with Gasteiger partial charge in [-0.25, -0.2) is 4.79 Å². The number of ether oxygens (including phenoxy) is 1. The molecule has 2 heterocycles. The van der Waals surface area contributed by atoms with Crippen molar-refractivity contribution in [1.82, 2.24) is 9.55 Å². The summed E-state index contributed by atoms with van der Waals surface area (Å²) in [5, 5.41) is 0.877. The fourth-order valence-electron chi connectivity index (χ4n) is 2.38. The molecular weight excluding hydrogens is 368 g/mol. The van der Waals surface area contributed by atoms with E-state index in [-0.39, 0.29) is 6.04 Å². The van der Waals surface area contributed by atoms with Gasteiger partial charge in [0.05, 0.1) is 33.0 Å². The van der Waals surface area contributed by atoms with E-state index in [1.165, 1.54) is 0 Å². The lowest BCUT2D eigenvalue weighted by molar-refractivity contribution is 0.163. The number of halogens is 2.